The maximum atomic E-state index is 12.0. The van der Waals surface area contributed by atoms with E-state index in [2.05, 4.69) is 24.5 Å². The van der Waals surface area contributed by atoms with E-state index in [1.54, 1.807) is 0 Å². The quantitative estimate of drug-likeness (QED) is 0.751. The molecule has 0 unspecified atom stereocenters. The van der Waals surface area contributed by atoms with Crippen LogP contribution < -0.4 is 10.6 Å². The zero-order valence-electron chi connectivity index (χ0n) is 13.1. The predicted molar refractivity (Wildman–Crippen MR) is 83.8 cm³/mol. The molecular weight excluding hydrogens is 268 g/mol. The number of carbonyl (C=O) groups excluding carboxylic acids is 1. The fourth-order valence-electron chi connectivity index (χ4n) is 2.20. The number of para-hydroxylation sites is 1. The Balaban J connectivity index is 2.86. The van der Waals surface area contributed by atoms with Crippen LogP contribution in [-0.4, -0.2) is 23.1 Å². The van der Waals surface area contributed by atoms with E-state index in [1.807, 2.05) is 32.0 Å². The number of nitrogens with one attached hydrogen (secondary N) is 2. The van der Waals surface area contributed by atoms with Gasteiger partial charge in [0.1, 0.15) is 6.04 Å². The van der Waals surface area contributed by atoms with Gasteiger partial charge in [-0.15, -0.1) is 0 Å². The van der Waals surface area contributed by atoms with Crippen LogP contribution in [0.25, 0.3) is 0 Å². The van der Waals surface area contributed by atoms with Gasteiger partial charge in [0.05, 0.1) is 0 Å². The summed E-state index contributed by atoms with van der Waals surface area (Å²) in [5.74, 6) is -0.744. The fraction of sp³-hybridized carbons (Fsp3) is 0.500. The number of anilines is 1. The predicted octanol–water partition coefficient (Wildman–Crippen LogP) is 3.49. The number of carboxylic acids is 1. The molecule has 0 aliphatic rings. The minimum Gasteiger partial charge on any atom is -0.480 e. The lowest BCUT2D eigenvalue weighted by atomic mass is 9.98. The largest absolute Gasteiger partial charge is 0.480 e. The van der Waals surface area contributed by atoms with Gasteiger partial charge in [0, 0.05) is 5.69 Å². The van der Waals surface area contributed by atoms with Gasteiger partial charge in [-0.1, -0.05) is 45.4 Å². The van der Waals surface area contributed by atoms with Gasteiger partial charge in [0.2, 0.25) is 0 Å². The third-order valence-corrected chi connectivity index (χ3v) is 3.35. The van der Waals surface area contributed by atoms with Crippen LogP contribution in [0.4, 0.5) is 10.5 Å². The SMILES string of the molecule is CCC[C@@H](NC(=O)Nc1c(C)cccc1C(C)C)C(=O)O. The van der Waals surface area contributed by atoms with Crippen molar-refractivity contribution in [2.75, 3.05) is 5.32 Å². The van der Waals surface area contributed by atoms with Crippen molar-refractivity contribution in [3.63, 3.8) is 0 Å². The van der Waals surface area contributed by atoms with Crippen LogP contribution in [0.1, 0.15) is 50.7 Å². The smallest absolute Gasteiger partial charge is 0.326 e. The number of hydrogen-bond acceptors (Lipinski definition) is 2. The van der Waals surface area contributed by atoms with Gasteiger partial charge in [0.15, 0.2) is 0 Å². The molecule has 0 aliphatic carbocycles. The third-order valence-electron chi connectivity index (χ3n) is 3.35. The summed E-state index contributed by atoms with van der Waals surface area (Å²) < 4.78 is 0. The molecular formula is C16H24N2O3. The molecule has 0 radical (unpaired) electrons. The summed E-state index contributed by atoms with van der Waals surface area (Å²) in [4.78, 5) is 23.1. The first-order valence-corrected chi connectivity index (χ1v) is 7.26. The highest BCUT2D eigenvalue weighted by molar-refractivity contribution is 5.93. The molecule has 0 saturated carbocycles. The molecule has 1 aromatic carbocycles. The Morgan fingerprint density at radius 2 is 1.95 bits per heavy atom. The van der Waals surface area contributed by atoms with Crippen LogP contribution in [0, 0.1) is 6.92 Å². The molecule has 1 aromatic rings. The normalized spacial score (nSPS) is 12.0. The summed E-state index contributed by atoms with van der Waals surface area (Å²) >= 11 is 0. The van der Waals surface area contributed by atoms with E-state index in [1.165, 1.54) is 0 Å². The van der Waals surface area contributed by atoms with Crippen LogP contribution >= 0.6 is 0 Å². The Morgan fingerprint density at radius 1 is 1.29 bits per heavy atom. The van der Waals surface area contributed by atoms with Gasteiger partial charge >= 0.3 is 12.0 Å². The van der Waals surface area contributed by atoms with Gasteiger partial charge in [0.25, 0.3) is 0 Å². The molecule has 0 aromatic heterocycles. The van der Waals surface area contributed by atoms with Crippen molar-refractivity contribution in [2.45, 2.75) is 52.5 Å². The monoisotopic (exact) mass is 292 g/mol. The molecule has 0 bridgehead atoms. The lowest BCUT2D eigenvalue weighted by Gasteiger charge is -2.19. The average Bonchev–Trinajstić information content (AvgIpc) is 2.40. The van der Waals surface area contributed by atoms with Crippen molar-refractivity contribution < 1.29 is 14.7 Å². The zero-order valence-corrected chi connectivity index (χ0v) is 13.1. The Kier molecular flexibility index (Phi) is 6.21. The summed E-state index contributed by atoms with van der Waals surface area (Å²) in [6.07, 6.45) is 1.10. The molecule has 0 saturated heterocycles. The molecule has 21 heavy (non-hydrogen) atoms. The molecule has 1 atom stereocenters. The number of rotatable bonds is 6. The lowest BCUT2D eigenvalue weighted by molar-refractivity contribution is -0.139. The molecule has 0 heterocycles. The van der Waals surface area contributed by atoms with Crippen molar-refractivity contribution in [2.24, 2.45) is 0 Å². The number of carbonyl (C=O) groups is 2. The number of aryl methyl sites for hydroxylation is 1. The average molecular weight is 292 g/mol. The first kappa shape index (κ1) is 17.0. The molecule has 0 fully saturated rings. The zero-order chi connectivity index (χ0) is 16.0. The van der Waals surface area contributed by atoms with E-state index in [0.717, 1.165) is 16.8 Å². The Labute approximate surface area is 125 Å². The van der Waals surface area contributed by atoms with Crippen molar-refractivity contribution in [3.8, 4) is 0 Å². The van der Waals surface area contributed by atoms with E-state index in [-0.39, 0.29) is 5.92 Å². The Hall–Kier alpha value is -2.04. The van der Waals surface area contributed by atoms with Gasteiger partial charge < -0.3 is 15.7 Å². The van der Waals surface area contributed by atoms with Crippen LogP contribution in [0.2, 0.25) is 0 Å². The van der Waals surface area contributed by atoms with Gasteiger partial charge in [-0.05, 0) is 30.4 Å². The maximum Gasteiger partial charge on any atom is 0.326 e. The molecule has 116 valence electrons. The van der Waals surface area contributed by atoms with Crippen molar-refractivity contribution >= 4 is 17.7 Å². The van der Waals surface area contributed by atoms with Crippen LogP contribution in [0.5, 0.6) is 0 Å². The summed E-state index contributed by atoms with van der Waals surface area (Å²) in [5.41, 5.74) is 2.75. The number of amides is 2. The third kappa shape index (κ3) is 4.77. The minimum atomic E-state index is -1.01. The first-order chi connectivity index (χ1) is 9.86. The van der Waals surface area contributed by atoms with Crippen LogP contribution in [0.3, 0.4) is 0 Å². The van der Waals surface area contributed by atoms with Gasteiger partial charge in [-0.3, -0.25) is 0 Å². The Bertz CT molecular complexity index is 512. The van der Waals surface area contributed by atoms with E-state index in [4.69, 9.17) is 5.11 Å². The molecule has 3 N–H and O–H groups in total. The molecule has 5 heteroatoms. The summed E-state index contributed by atoms with van der Waals surface area (Å²) in [7, 11) is 0. The van der Waals surface area contributed by atoms with Crippen molar-refractivity contribution in [3.05, 3.63) is 29.3 Å². The van der Waals surface area contributed by atoms with Crippen LogP contribution in [-0.2, 0) is 4.79 Å². The molecule has 2 amide bonds. The summed E-state index contributed by atoms with van der Waals surface area (Å²) in [5, 5.41) is 14.4. The summed E-state index contributed by atoms with van der Waals surface area (Å²) in [6, 6.07) is 4.50. The lowest BCUT2D eigenvalue weighted by Crippen LogP contribution is -2.43. The van der Waals surface area contributed by atoms with Gasteiger partial charge in [-0.2, -0.15) is 0 Å². The van der Waals surface area contributed by atoms with E-state index >= 15 is 0 Å². The maximum absolute atomic E-state index is 12.0. The fourth-order valence-corrected chi connectivity index (χ4v) is 2.20. The molecule has 5 nitrogen and oxygen atoms in total. The number of aliphatic carboxylic acids is 1. The molecule has 0 aliphatic heterocycles. The van der Waals surface area contributed by atoms with Crippen molar-refractivity contribution in [1.82, 2.24) is 5.32 Å². The number of benzene rings is 1. The first-order valence-electron chi connectivity index (χ1n) is 7.26. The number of urea groups is 1. The minimum absolute atomic E-state index is 0.270. The highest BCUT2D eigenvalue weighted by Gasteiger charge is 2.20. The highest BCUT2D eigenvalue weighted by atomic mass is 16.4. The Morgan fingerprint density at radius 3 is 2.48 bits per heavy atom. The second kappa shape index (κ2) is 7.67. The number of hydrogen-bond donors (Lipinski definition) is 3. The molecule has 0 spiro atoms. The second-order valence-electron chi connectivity index (χ2n) is 5.47. The number of carboxylic acid groups (broad SMARTS) is 1. The summed E-state index contributed by atoms with van der Waals surface area (Å²) in [6.45, 7) is 7.90. The van der Waals surface area contributed by atoms with E-state index < -0.39 is 18.0 Å². The highest BCUT2D eigenvalue weighted by Crippen LogP contribution is 2.27. The van der Waals surface area contributed by atoms with E-state index in [0.29, 0.717) is 12.8 Å². The van der Waals surface area contributed by atoms with Crippen LogP contribution in [0.15, 0.2) is 18.2 Å². The standard InChI is InChI=1S/C16H24N2O3/c1-5-7-13(15(19)20)17-16(21)18-14-11(4)8-6-9-12(14)10(2)3/h6,8-10,13H,5,7H2,1-4H3,(H,19,20)(H2,17,18,21)/t13-/m1/s1. The van der Waals surface area contributed by atoms with E-state index in [9.17, 15) is 9.59 Å². The topological polar surface area (TPSA) is 78.4 Å². The van der Waals surface area contributed by atoms with Gasteiger partial charge in [-0.25, -0.2) is 9.59 Å². The molecule has 1 rings (SSSR count). The second-order valence-corrected chi connectivity index (χ2v) is 5.47. The van der Waals surface area contributed by atoms with Crippen molar-refractivity contribution in [1.29, 1.82) is 0 Å².